The van der Waals surface area contributed by atoms with Gasteiger partial charge in [-0.25, -0.2) is 4.98 Å². The van der Waals surface area contributed by atoms with Crippen molar-refractivity contribution in [3.63, 3.8) is 0 Å². The first-order chi connectivity index (χ1) is 13.4. The number of benzene rings is 2. The number of anilines is 1. The van der Waals surface area contributed by atoms with Gasteiger partial charge >= 0.3 is 0 Å². The van der Waals surface area contributed by atoms with Crippen LogP contribution >= 0.6 is 0 Å². The Balaban J connectivity index is 1.75. The lowest BCUT2D eigenvalue weighted by Crippen LogP contribution is -2.28. The number of hydrogen-bond donors (Lipinski definition) is 2. The van der Waals surface area contributed by atoms with Crippen LogP contribution in [-0.2, 0) is 4.79 Å². The van der Waals surface area contributed by atoms with Crippen molar-refractivity contribution >= 4 is 39.0 Å². The summed E-state index contributed by atoms with van der Waals surface area (Å²) in [6.45, 7) is 5.69. The van der Waals surface area contributed by atoms with E-state index in [1.165, 1.54) is 0 Å². The van der Waals surface area contributed by atoms with E-state index < -0.39 is 0 Å². The molecule has 0 amide bonds. The van der Waals surface area contributed by atoms with Gasteiger partial charge in [0, 0.05) is 23.6 Å². The molecule has 1 heterocycles. The summed E-state index contributed by atoms with van der Waals surface area (Å²) >= 11 is 0. The summed E-state index contributed by atoms with van der Waals surface area (Å²) in [7, 11) is 0. The molecule has 0 unspecified atom stereocenters. The van der Waals surface area contributed by atoms with Gasteiger partial charge in [0.25, 0.3) is 0 Å². The second-order valence-electron chi connectivity index (χ2n) is 8.09. The Bertz CT molecular complexity index is 1160. The molecule has 1 aliphatic carbocycles. The van der Waals surface area contributed by atoms with Crippen molar-refractivity contribution in [2.75, 3.05) is 5.43 Å². The predicted octanol–water partition coefficient (Wildman–Crippen LogP) is 5.38. The molecular formula is C23H23N3O2. The van der Waals surface area contributed by atoms with Gasteiger partial charge in [0.05, 0.1) is 16.8 Å². The van der Waals surface area contributed by atoms with Gasteiger partial charge in [-0.2, -0.15) is 5.10 Å². The summed E-state index contributed by atoms with van der Waals surface area (Å²) < 4.78 is 0. The molecule has 28 heavy (non-hydrogen) atoms. The smallest absolute Gasteiger partial charge is 0.168 e. The number of allylic oxidation sites excluding steroid dienone is 2. The Morgan fingerprint density at radius 2 is 1.68 bits per heavy atom. The molecule has 5 heteroatoms. The van der Waals surface area contributed by atoms with Crippen molar-refractivity contribution in [1.29, 1.82) is 0 Å². The molecular weight excluding hydrogens is 350 g/mol. The summed E-state index contributed by atoms with van der Waals surface area (Å²) in [5.41, 5.74) is 4.45. The molecule has 142 valence electrons. The number of aliphatic hydroxyl groups excluding tert-OH is 1. The van der Waals surface area contributed by atoms with Gasteiger partial charge in [-0.05, 0) is 23.8 Å². The summed E-state index contributed by atoms with van der Waals surface area (Å²) in [5.74, 6) is 0.658. The lowest BCUT2D eigenvalue weighted by molar-refractivity contribution is -0.117. The van der Waals surface area contributed by atoms with E-state index in [9.17, 15) is 9.90 Å². The number of aromatic nitrogens is 1. The number of carbonyl (C=O) groups is 1. The average molecular weight is 373 g/mol. The monoisotopic (exact) mass is 373 g/mol. The van der Waals surface area contributed by atoms with Crippen molar-refractivity contribution in [2.24, 2.45) is 10.5 Å². The Kier molecular flexibility index (Phi) is 4.38. The highest BCUT2D eigenvalue weighted by atomic mass is 16.3. The number of aliphatic hydroxyl groups is 1. The molecule has 0 saturated carbocycles. The van der Waals surface area contributed by atoms with Crippen LogP contribution in [0.25, 0.3) is 21.7 Å². The highest BCUT2D eigenvalue weighted by Crippen LogP contribution is 2.36. The number of Topliss-reactive ketones (excluding diaryl/α,β-unsaturated/α-hetero) is 1. The molecule has 0 saturated heterocycles. The van der Waals surface area contributed by atoms with Crippen LogP contribution in [0, 0.1) is 5.41 Å². The molecule has 0 fully saturated rings. The molecule has 5 nitrogen and oxygen atoms in total. The first-order valence-corrected chi connectivity index (χ1v) is 9.39. The quantitative estimate of drug-likeness (QED) is 0.367. The SMILES string of the molecule is CC(=NNc1nc2ccccc2c2ccccc12)C1=C(O)CC(C)(C)CC1=O. The van der Waals surface area contributed by atoms with Crippen LogP contribution in [0.15, 0.2) is 65.0 Å². The minimum Gasteiger partial charge on any atom is -0.511 e. The van der Waals surface area contributed by atoms with Gasteiger partial charge in [0.2, 0.25) is 0 Å². The molecule has 2 N–H and O–H groups in total. The molecule has 0 spiro atoms. The lowest BCUT2D eigenvalue weighted by Gasteiger charge is -2.29. The molecule has 0 radical (unpaired) electrons. The summed E-state index contributed by atoms with van der Waals surface area (Å²) in [5, 5.41) is 17.9. The fourth-order valence-electron chi connectivity index (χ4n) is 3.88. The number of nitrogens with zero attached hydrogens (tertiary/aromatic N) is 2. The van der Waals surface area contributed by atoms with Gasteiger partial charge in [-0.15, -0.1) is 0 Å². The van der Waals surface area contributed by atoms with Gasteiger partial charge in [0.1, 0.15) is 5.76 Å². The molecule has 2 aromatic carbocycles. The van der Waals surface area contributed by atoms with Crippen molar-refractivity contribution in [1.82, 2.24) is 4.98 Å². The number of carbonyl (C=O) groups excluding carboxylic acids is 1. The summed E-state index contributed by atoms with van der Waals surface area (Å²) in [6.07, 6.45) is 0.870. The first-order valence-electron chi connectivity index (χ1n) is 9.39. The molecule has 1 aromatic heterocycles. The molecule has 0 bridgehead atoms. The lowest BCUT2D eigenvalue weighted by atomic mass is 9.76. The summed E-state index contributed by atoms with van der Waals surface area (Å²) in [6, 6.07) is 16.0. The van der Waals surface area contributed by atoms with Crippen LogP contribution in [0.4, 0.5) is 5.82 Å². The van der Waals surface area contributed by atoms with Gasteiger partial charge in [-0.3, -0.25) is 10.2 Å². The predicted molar refractivity (Wildman–Crippen MR) is 114 cm³/mol. The second kappa shape index (κ2) is 6.75. The van der Waals surface area contributed by atoms with Crippen LogP contribution in [0.5, 0.6) is 0 Å². The third-order valence-electron chi connectivity index (χ3n) is 5.15. The number of hydrazone groups is 1. The molecule has 0 aliphatic heterocycles. The maximum absolute atomic E-state index is 12.5. The van der Waals surface area contributed by atoms with E-state index in [0.717, 1.165) is 21.7 Å². The number of hydrogen-bond acceptors (Lipinski definition) is 5. The van der Waals surface area contributed by atoms with Crippen molar-refractivity contribution in [3.8, 4) is 0 Å². The number of rotatable bonds is 3. The highest BCUT2D eigenvalue weighted by Gasteiger charge is 2.34. The van der Waals surface area contributed by atoms with Gasteiger partial charge in [-0.1, -0.05) is 56.3 Å². The van der Waals surface area contributed by atoms with E-state index in [-0.39, 0.29) is 17.0 Å². The number of ketones is 1. The van der Waals surface area contributed by atoms with E-state index in [4.69, 9.17) is 4.98 Å². The highest BCUT2D eigenvalue weighted by molar-refractivity contribution is 6.22. The third kappa shape index (κ3) is 3.24. The number of fused-ring (bicyclic) bond motifs is 3. The number of para-hydroxylation sites is 1. The standard InChI is InChI=1S/C23H23N3O2/c1-14(21-19(27)12-23(2,3)13-20(21)28)25-26-22-17-10-5-4-8-15(17)16-9-6-7-11-18(16)24-22/h4-11,27H,12-13H2,1-3H3,(H,24,26). The Labute approximate surface area is 163 Å². The van der Waals surface area contributed by atoms with Crippen molar-refractivity contribution in [3.05, 3.63) is 59.9 Å². The molecule has 4 rings (SSSR count). The van der Waals surface area contributed by atoms with Crippen molar-refractivity contribution < 1.29 is 9.90 Å². The molecule has 0 atom stereocenters. The molecule has 1 aliphatic rings. The topological polar surface area (TPSA) is 74.6 Å². The van der Waals surface area contributed by atoms with Crippen LogP contribution in [0.3, 0.4) is 0 Å². The maximum atomic E-state index is 12.5. The maximum Gasteiger partial charge on any atom is 0.168 e. The number of nitrogens with one attached hydrogen (secondary N) is 1. The second-order valence-corrected chi connectivity index (χ2v) is 8.09. The van der Waals surface area contributed by atoms with E-state index in [1.807, 2.05) is 56.3 Å². The average Bonchev–Trinajstić information content (AvgIpc) is 2.64. The summed E-state index contributed by atoms with van der Waals surface area (Å²) in [4.78, 5) is 17.2. The van der Waals surface area contributed by atoms with Crippen molar-refractivity contribution in [2.45, 2.75) is 33.6 Å². The number of pyridine rings is 1. The minimum absolute atomic E-state index is 0.0758. The zero-order valence-electron chi connectivity index (χ0n) is 16.3. The van der Waals surface area contributed by atoms with E-state index in [0.29, 0.717) is 29.9 Å². The van der Waals surface area contributed by atoms with E-state index >= 15 is 0 Å². The molecule has 3 aromatic rings. The third-order valence-corrected chi connectivity index (χ3v) is 5.15. The van der Waals surface area contributed by atoms with E-state index in [1.54, 1.807) is 6.92 Å². The largest absolute Gasteiger partial charge is 0.511 e. The fraction of sp³-hybridized carbons (Fsp3) is 0.261. The Hall–Kier alpha value is -3.21. The van der Waals surface area contributed by atoms with Crippen LogP contribution < -0.4 is 5.43 Å². The van der Waals surface area contributed by atoms with Gasteiger partial charge < -0.3 is 5.11 Å². The van der Waals surface area contributed by atoms with Crippen LogP contribution in [0.2, 0.25) is 0 Å². The van der Waals surface area contributed by atoms with E-state index in [2.05, 4.69) is 16.6 Å². The minimum atomic E-state index is -0.228. The Morgan fingerprint density at radius 3 is 2.39 bits per heavy atom. The normalized spacial score (nSPS) is 17.4. The van der Waals surface area contributed by atoms with Crippen LogP contribution in [0.1, 0.15) is 33.6 Å². The Morgan fingerprint density at radius 1 is 1.04 bits per heavy atom. The zero-order valence-corrected chi connectivity index (χ0v) is 16.3. The zero-order chi connectivity index (χ0) is 19.9. The van der Waals surface area contributed by atoms with Gasteiger partial charge in [0.15, 0.2) is 11.6 Å². The first kappa shape index (κ1) is 18.2. The van der Waals surface area contributed by atoms with Crippen LogP contribution in [-0.4, -0.2) is 21.6 Å². The fourth-order valence-corrected chi connectivity index (χ4v) is 3.88.